The summed E-state index contributed by atoms with van der Waals surface area (Å²) < 4.78 is 32.6. The van der Waals surface area contributed by atoms with Gasteiger partial charge in [0.1, 0.15) is 6.33 Å². The number of carbonyl (C=O) groups is 1. The molecule has 0 radical (unpaired) electrons. The van der Waals surface area contributed by atoms with Crippen molar-refractivity contribution >= 4 is 21.6 Å². The fourth-order valence-electron chi connectivity index (χ4n) is 3.16. The maximum Gasteiger partial charge on any atom is 0.251 e. The minimum atomic E-state index is -3.46. The van der Waals surface area contributed by atoms with Crippen LogP contribution in [0, 0.1) is 0 Å². The summed E-state index contributed by atoms with van der Waals surface area (Å²) in [5.41, 5.74) is 1.74. The van der Waals surface area contributed by atoms with Crippen LogP contribution in [0.5, 0.6) is 0 Å². The summed E-state index contributed by atoms with van der Waals surface area (Å²) in [5.74, 6) is -0.0356. The highest BCUT2D eigenvalue weighted by Crippen LogP contribution is 2.40. The van der Waals surface area contributed by atoms with E-state index in [4.69, 9.17) is 4.74 Å². The molecule has 1 aliphatic heterocycles. The van der Waals surface area contributed by atoms with Crippen LogP contribution in [-0.4, -0.2) is 62.2 Å². The summed E-state index contributed by atoms with van der Waals surface area (Å²) in [6.07, 6.45) is 2.81. The SMILES string of the molecule is COCCNC(=O)c1ccc2c(c1)[C@H](c1ncn(C(C)C)n1)CN2S(C)(=O)=O. The highest BCUT2D eigenvalue weighted by Gasteiger charge is 2.37. The summed E-state index contributed by atoms with van der Waals surface area (Å²) in [7, 11) is -1.90. The van der Waals surface area contributed by atoms with E-state index >= 15 is 0 Å². The van der Waals surface area contributed by atoms with Crippen molar-refractivity contribution in [3.05, 3.63) is 41.5 Å². The highest BCUT2D eigenvalue weighted by atomic mass is 32.2. The fraction of sp³-hybridized carbons (Fsp3) is 0.500. The van der Waals surface area contributed by atoms with Crippen LogP contribution >= 0.6 is 0 Å². The Hall–Kier alpha value is -2.46. The molecule has 9 nitrogen and oxygen atoms in total. The summed E-state index contributed by atoms with van der Waals surface area (Å²) in [5, 5.41) is 7.28. The van der Waals surface area contributed by atoms with Crippen LogP contribution < -0.4 is 9.62 Å². The van der Waals surface area contributed by atoms with Gasteiger partial charge in [-0.05, 0) is 37.6 Å². The Labute approximate surface area is 164 Å². The second-order valence-corrected chi connectivity index (χ2v) is 8.95. The number of hydrogen-bond donors (Lipinski definition) is 1. The van der Waals surface area contributed by atoms with Crippen molar-refractivity contribution in [1.29, 1.82) is 0 Å². The number of fused-ring (bicyclic) bond motifs is 1. The van der Waals surface area contributed by atoms with Crippen LogP contribution in [0.4, 0.5) is 5.69 Å². The van der Waals surface area contributed by atoms with Gasteiger partial charge < -0.3 is 10.1 Å². The number of ether oxygens (including phenoxy) is 1. The normalized spacial score (nSPS) is 16.5. The van der Waals surface area contributed by atoms with E-state index in [1.165, 1.54) is 10.6 Å². The molecule has 1 atom stereocenters. The molecule has 28 heavy (non-hydrogen) atoms. The number of anilines is 1. The zero-order chi connectivity index (χ0) is 20.5. The van der Waals surface area contributed by atoms with Crippen molar-refractivity contribution in [2.45, 2.75) is 25.8 Å². The van der Waals surface area contributed by atoms with E-state index in [2.05, 4.69) is 15.4 Å². The Kier molecular flexibility index (Phi) is 5.71. The summed E-state index contributed by atoms with van der Waals surface area (Å²) in [6, 6.07) is 5.16. The predicted octanol–water partition coefficient (Wildman–Crippen LogP) is 1.15. The van der Waals surface area contributed by atoms with Gasteiger partial charge in [-0.1, -0.05) is 0 Å². The number of carbonyl (C=O) groups excluding carboxylic acids is 1. The molecular formula is C18H25N5O4S. The van der Waals surface area contributed by atoms with Gasteiger partial charge in [0.2, 0.25) is 10.0 Å². The predicted molar refractivity (Wildman–Crippen MR) is 105 cm³/mol. The quantitative estimate of drug-likeness (QED) is 0.690. The lowest BCUT2D eigenvalue weighted by atomic mass is 9.98. The smallest absolute Gasteiger partial charge is 0.251 e. The Balaban J connectivity index is 1.98. The molecular weight excluding hydrogens is 382 g/mol. The first-order chi connectivity index (χ1) is 13.2. The molecule has 0 saturated carbocycles. The molecule has 0 aliphatic carbocycles. The van der Waals surface area contributed by atoms with Crippen molar-refractivity contribution in [2.75, 3.05) is 37.4 Å². The van der Waals surface area contributed by atoms with E-state index in [9.17, 15) is 13.2 Å². The molecule has 1 N–H and O–H groups in total. The molecule has 2 heterocycles. The Morgan fingerprint density at radius 3 is 2.75 bits per heavy atom. The van der Waals surface area contributed by atoms with Gasteiger partial charge in [0.15, 0.2) is 5.82 Å². The van der Waals surface area contributed by atoms with Crippen LogP contribution in [0.25, 0.3) is 0 Å². The molecule has 0 bridgehead atoms. The number of sulfonamides is 1. The molecule has 2 aromatic rings. The van der Waals surface area contributed by atoms with Gasteiger partial charge in [-0.3, -0.25) is 13.8 Å². The van der Waals surface area contributed by atoms with Gasteiger partial charge in [0.05, 0.1) is 24.5 Å². The van der Waals surface area contributed by atoms with E-state index in [0.29, 0.717) is 30.2 Å². The van der Waals surface area contributed by atoms with Crippen molar-refractivity contribution in [3.63, 3.8) is 0 Å². The van der Waals surface area contributed by atoms with Gasteiger partial charge in [0.25, 0.3) is 5.91 Å². The van der Waals surface area contributed by atoms with Gasteiger partial charge in [-0.15, -0.1) is 0 Å². The van der Waals surface area contributed by atoms with Gasteiger partial charge in [0, 0.05) is 31.8 Å². The molecule has 0 spiro atoms. The molecule has 1 amide bonds. The first-order valence-electron chi connectivity index (χ1n) is 9.02. The number of aromatic nitrogens is 3. The maximum absolute atomic E-state index is 12.4. The molecule has 10 heteroatoms. The monoisotopic (exact) mass is 407 g/mol. The second-order valence-electron chi connectivity index (χ2n) is 7.05. The first-order valence-corrected chi connectivity index (χ1v) is 10.9. The lowest BCUT2D eigenvalue weighted by Gasteiger charge is -2.16. The molecule has 1 aromatic carbocycles. The lowest BCUT2D eigenvalue weighted by Crippen LogP contribution is -2.29. The zero-order valence-electron chi connectivity index (χ0n) is 16.4. The van der Waals surface area contributed by atoms with E-state index in [1.54, 1.807) is 36.3 Å². The van der Waals surface area contributed by atoms with E-state index in [-0.39, 0.29) is 24.4 Å². The minimum Gasteiger partial charge on any atom is -0.383 e. The molecule has 152 valence electrons. The molecule has 0 fully saturated rings. The third-order valence-corrected chi connectivity index (χ3v) is 5.79. The largest absolute Gasteiger partial charge is 0.383 e. The number of methoxy groups -OCH3 is 1. The average Bonchev–Trinajstić information content (AvgIpc) is 3.25. The Morgan fingerprint density at radius 2 is 2.14 bits per heavy atom. The summed E-state index contributed by atoms with van der Waals surface area (Å²) in [6.45, 7) is 5.01. The van der Waals surface area contributed by atoms with E-state index in [1.807, 2.05) is 13.8 Å². The van der Waals surface area contributed by atoms with Crippen molar-refractivity contribution in [3.8, 4) is 0 Å². The number of nitrogens with zero attached hydrogens (tertiary/aromatic N) is 4. The standard InChI is InChI=1S/C18H25N5O4S/c1-12(2)22-11-20-17(21-22)15-10-23(28(4,25)26)16-6-5-13(9-14(15)16)18(24)19-7-8-27-3/h5-6,9,11-12,15H,7-8,10H2,1-4H3,(H,19,24)/t15-/m1/s1. The number of nitrogens with one attached hydrogen (secondary N) is 1. The van der Waals surface area contributed by atoms with Gasteiger partial charge in [-0.25, -0.2) is 13.4 Å². The number of rotatable bonds is 7. The van der Waals surface area contributed by atoms with Gasteiger partial charge in [-0.2, -0.15) is 5.10 Å². The summed E-state index contributed by atoms with van der Waals surface area (Å²) >= 11 is 0. The number of benzene rings is 1. The maximum atomic E-state index is 12.4. The number of amides is 1. The molecule has 0 unspecified atom stereocenters. The molecule has 1 aliphatic rings. The fourth-order valence-corrected chi connectivity index (χ4v) is 4.11. The van der Waals surface area contributed by atoms with Crippen molar-refractivity contribution < 1.29 is 17.9 Å². The third kappa shape index (κ3) is 4.02. The zero-order valence-corrected chi connectivity index (χ0v) is 17.2. The minimum absolute atomic E-state index is 0.144. The molecule has 3 rings (SSSR count). The van der Waals surface area contributed by atoms with Crippen LogP contribution in [0.1, 0.15) is 47.6 Å². The van der Waals surface area contributed by atoms with Crippen LogP contribution in [0.3, 0.4) is 0 Å². The highest BCUT2D eigenvalue weighted by molar-refractivity contribution is 7.92. The molecule has 0 saturated heterocycles. The molecule has 1 aromatic heterocycles. The number of hydrogen-bond acceptors (Lipinski definition) is 6. The lowest BCUT2D eigenvalue weighted by molar-refractivity contribution is 0.0937. The van der Waals surface area contributed by atoms with Crippen molar-refractivity contribution in [2.24, 2.45) is 0 Å². The second kappa shape index (κ2) is 7.88. The first kappa shape index (κ1) is 20.3. The van der Waals surface area contributed by atoms with E-state index in [0.717, 1.165) is 5.56 Å². The van der Waals surface area contributed by atoms with Crippen molar-refractivity contribution in [1.82, 2.24) is 20.1 Å². The third-order valence-electron chi connectivity index (χ3n) is 4.64. The topological polar surface area (TPSA) is 106 Å². The average molecular weight is 407 g/mol. The van der Waals surface area contributed by atoms with Gasteiger partial charge >= 0.3 is 0 Å². The summed E-state index contributed by atoms with van der Waals surface area (Å²) in [4.78, 5) is 16.8. The Bertz CT molecular complexity index is 970. The van der Waals surface area contributed by atoms with Crippen LogP contribution in [0.2, 0.25) is 0 Å². The Morgan fingerprint density at radius 1 is 1.39 bits per heavy atom. The van der Waals surface area contributed by atoms with Crippen LogP contribution in [-0.2, 0) is 14.8 Å². The van der Waals surface area contributed by atoms with Crippen LogP contribution in [0.15, 0.2) is 24.5 Å². The van der Waals surface area contributed by atoms with E-state index < -0.39 is 10.0 Å².